The number of carboxylic acids is 1. The van der Waals surface area contributed by atoms with E-state index in [9.17, 15) is 13.2 Å². The van der Waals surface area contributed by atoms with E-state index in [1.165, 1.54) is 7.11 Å². The largest absolute Gasteiger partial charge is 0.480 e. The molecule has 1 fully saturated rings. The first-order valence-corrected chi connectivity index (χ1v) is 6.91. The van der Waals surface area contributed by atoms with E-state index < -0.39 is 22.2 Å². The van der Waals surface area contributed by atoms with E-state index in [-0.39, 0.29) is 19.7 Å². The second kappa shape index (κ2) is 6.29. The topological polar surface area (TPSA) is 95.9 Å². The lowest BCUT2D eigenvalue weighted by Gasteiger charge is -2.31. The van der Waals surface area contributed by atoms with Crippen molar-refractivity contribution in [2.45, 2.75) is 25.3 Å². The zero-order chi connectivity index (χ0) is 12.9. The number of rotatable bonds is 6. The summed E-state index contributed by atoms with van der Waals surface area (Å²) in [5.74, 6) is -1.10. The standard InChI is InChI=1S/C9H18N2O5S/c1-16-7-5-10-17(14,15)11-6-3-2-4-8(11)9(12)13/h8,10H,2-7H2,1H3,(H,12,13)/t8-/m1/s1. The number of hydrogen-bond acceptors (Lipinski definition) is 4. The van der Waals surface area contributed by atoms with Crippen molar-refractivity contribution in [3.63, 3.8) is 0 Å². The number of piperidine rings is 1. The Hall–Kier alpha value is -0.700. The second-order valence-electron chi connectivity index (χ2n) is 3.85. The maximum atomic E-state index is 11.9. The van der Waals surface area contributed by atoms with Crippen LogP contribution in [0, 0.1) is 0 Å². The summed E-state index contributed by atoms with van der Waals surface area (Å²) >= 11 is 0. The van der Waals surface area contributed by atoms with Crippen LogP contribution in [0.1, 0.15) is 19.3 Å². The van der Waals surface area contributed by atoms with Crippen LogP contribution in [-0.2, 0) is 19.7 Å². The number of ether oxygens (including phenoxy) is 1. The molecule has 0 spiro atoms. The van der Waals surface area contributed by atoms with E-state index in [0.717, 1.165) is 10.7 Å². The van der Waals surface area contributed by atoms with Gasteiger partial charge in [-0.3, -0.25) is 4.79 Å². The van der Waals surface area contributed by atoms with Gasteiger partial charge in [0.05, 0.1) is 6.61 Å². The molecule has 2 N–H and O–H groups in total. The fraction of sp³-hybridized carbons (Fsp3) is 0.889. The van der Waals surface area contributed by atoms with E-state index in [0.29, 0.717) is 12.8 Å². The Kier molecular flexibility index (Phi) is 5.31. The fourth-order valence-electron chi connectivity index (χ4n) is 1.80. The van der Waals surface area contributed by atoms with Crippen molar-refractivity contribution in [1.29, 1.82) is 0 Å². The summed E-state index contributed by atoms with van der Waals surface area (Å²) in [5.41, 5.74) is 0. The Bertz CT molecular complexity index is 356. The molecule has 17 heavy (non-hydrogen) atoms. The normalized spacial score (nSPS) is 22.5. The lowest BCUT2D eigenvalue weighted by molar-refractivity contribution is -0.142. The Morgan fingerprint density at radius 3 is 2.82 bits per heavy atom. The van der Waals surface area contributed by atoms with Crippen LogP contribution in [-0.4, -0.2) is 56.6 Å². The van der Waals surface area contributed by atoms with Crippen molar-refractivity contribution >= 4 is 16.2 Å². The highest BCUT2D eigenvalue weighted by molar-refractivity contribution is 7.87. The van der Waals surface area contributed by atoms with Gasteiger partial charge in [-0.1, -0.05) is 0 Å². The third kappa shape index (κ3) is 3.91. The van der Waals surface area contributed by atoms with Gasteiger partial charge in [0.2, 0.25) is 0 Å². The summed E-state index contributed by atoms with van der Waals surface area (Å²) < 4.78 is 31.8. The lowest BCUT2D eigenvalue weighted by Crippen LogP contribution is -2.52. The average molecular weight is 266 g/mol. The third-order valence-electron chi connectivity index (χ3n) is 2.64. The van der Waals surface area contributed by atoms with Gasteiger partial charge in [0.15, 0.2) is 0 Å². The number of aliphatic carboxylic acids is 1. The first-order chi connectivity index (χ1) is 7.99. The highest BCUT2D eigenvalue weighted by Gasteiger charge is 2.36. The van der Waals surface area contributed by atoms with Crippen molar-refractivity contribution in [2.24, 2.45) is 0 Å². The Morgan fingerprint density at radius 2 is 2.24 bits per heavy atom. The van der Waals surface area contributed by atoms with E-state index in [4.69, 9.17) is 9.84 Å². The highest BCUT2D eigenvalue weighted by atomic mass is 32.2. The summed E-state index contributed by atoms with van der Waals surface area (Å²) in [7, 11) is -2.26. The Balaban J connectivity index is 2.69. The minimum absolute atomic E-state index is 0.141. The number of methoxy groups -OCH3 is 1. The third-order valence-corrected chi connectivity index (χ3v) is 4.26. The van der Waals surface area contributed by atoms with Crippen LogP contribution < -0.4 is 4.72 Å². The highest BCUT2D eigenvalue weighted by Crippen LogP contribution is 2.19. The van der Waals surface area contributed by atoms with Crippen LogP contribution >= 0.6 is 0 Å². The summed E-state index contributed by atoms with van der Waals surface area (Å²) in [6.45, 7) is 0.645. The Labute approximate surface area is 101 Å². The van der Waals surface area contributed by atoms with E-state index in [1.807, 2.05) is 0 Å². The summed E-state index contributed by atoms with van der Waals surface area (Å²) in [6.07, 6.45) is 1.79. The first kappa shape index (κ1) is 14.4. The number of nitrogens with one attached hydrogen (secondary N) is 1. The van der Waals surface area contributed by atoms with Gasteiger partial charge < -0.3 is 9.84 Å². The molecule has 0 aromatic heterocycles. The quantitative estimate of drug-likeness (QED) is 0.626. The van der Waals surface area contributed by atoms with Crippen molar-refractivity contribution in [2.75, 3.05) is 26.8 Å². The maximum absolute atomic E-state index is 11.9. The predicted octanol–water partition coefficient (Wildman–Crippen LogP) is -0.594. The van der Waals surface area contributed by atoms with E-state index >= 15 is 0 Å². The molecule has 0 radical (unpaired) electrons. The van der Waals surface area contributed by atoms with Gasteiger partial charge in [-0.05, 0) is 19.3 Å². The molecule has 0 aromatic carbocycles. The number of carbonyl (C=O) groups is 1. The monoisotopic (exact) mass is 266 g/mol. The molecule has 1 aliphatic rings. The smallest absolute Gasteiger partial charge is 0.322 e. The molecule has 1 atom stereocenters. The molecule has 0 aromatic rings. The van der Waals surface area contributed by atoms with Crippen LogP contribution in [0.2, 0.25) is 0 Å². The van der Waals surface area contributed by atoms with Crippen LogP contribution in [0.25, 0.3) is 0 Å². The number of carboxylic acid groups (broad SMARTS) is 1. The van der Waals surface area contributed by atoms with Crippen LogP contribution in [0.5, 0.6) is 0 Å². The molecular formula is C9H18N2O5S. The van der Waals surface area contributed by atoms with Gasteiger partial charge in [0.1, 0.15) is 6.04 Å². The molecule has 0 saturated carbocycles. The Morgan fingerprint density at radius 1 is 1.53 bits per heavy atom. The van der Waals surface area contributed by atoms with E-state index in [1.54, 1.807) is 0 Å². The molecule has 0 aliphatic carbocycles. The molecule has 8 heteroatoms. The summed E-state index contributed by atoms with van der Waals surface area (Å²) in [6, 6.07) is -0.955. The minimum atomic E-state index is -3.73. The van der Waals surface area contributed by atoms with Gasteiger partial charge in [-0.2, -0.15) is 17.4 Å². The molecular weight excluding hydrogens is 248 g/mol. The van der Waals surface area contributed by atoms with Gasteiger partial charge >= 0.3 is 5.97 Å². The molecule has 7 nitrogen and oxygen atoms in total. The first-order valence-electron chi connectivity index (χ1n) is 5.47. The lowest BCUT2D eigenvalue weighted by atomic mass is 10.1. The zero-order valence-electron chi connectivity index (χ0n) is 9.76. The molecule has 100 valence electrons. The van der Waals surface area contributed by atoms with Crippen molar-refractivity contribution in [1.82, 2.24) is 9.03 Å². The molecule has 0 amide bonds. The number of nitrogens with zero attached hydrogens (tertiary/aromatic N) is 1. The molecule has 1 saturated heterocycles. The predicted molar refractivity (Wildman–Crippen MR) is 60.8 cm³/mol. The van der Waals surface area contributed by atoms with Gasteiger partial charge in [0, 0.05) is 20.2 Å². The maximum Gasteiger partial charge on any atom is 0.322 e. The summed E-state index contributed by atoms with van der Waals surface area (Å²) in [4.78, 5) is 11.0. The SMILES string of the molecule is COCCNS(=O)(=O)N1CCCC[C@@H]1C(=O)O. The van der Waals surface area contributed by atoms with Gasteiger partial charge in [0.25, 0.3) is 10.2 Å². The molecule has 1 aliphatic heterocycles. The molecule has 0 unspecified atom stereocenters. The van der Waals surface area contributed by atoms with Crippen molar-refractivity contribution < 1.29 is 23.1 Å². The molecule has 1 heterocycles. The van der Waals surface area contributed by atoms with Crippen LogP contribution in [0.4, 0.5) is 0 Å². The molecule has 1 rings (SSSR count). The zero-order valence-corrected chi connectivity index (χ0v) is 10.6. The van der Waals surface area contributed by atoms with Crippen LogP contribution in [0.15, 0.2) is 0 Å². The average Bonchev–Trinajstić information content (AvgIpc) is 2.29. The van der Waals surface area contributed by atoms with Gasteiger partial charge in [-0.25, -0.2) is 0 Å². The van der Waals surface area contributed by atoms with Gasteiger partial charge in [-0.15, -0.1) is 0 Å². The minimum Gasteiger partial charge on any atom is -0.480 e. The van der Waals surface area contributed by atoms with Crippen LogP contribution in [0.3, 0.4) is 0 Å². The fourth-order valence-corrected chi connectivity index (χ4v) is 3.20. The second-order valence-corrected chi connectivity index (χ2v) is 5.56. The number of hydrogen-bond donors (Lipinski definition) is 2. The molecule has 0 bridgehead atoms. The summed E-state index contributed by atoms with van der Waals surface area (Å²) in [5, 5.41) is 8.99. The van der Waals surface area contributed by atoms with Crippen molar-refractivity contribution in [3.8, 4) is 0 Å². The van der Waals surface area contributed by atoms with E-state index in [2.05, 4.69) is 4.72 Å². The van der Waals surface area contributed by atoms with Crippen molar-refractivity contribution in [3.05, 3.63) is 0 Å².